The molecule has 1 aliphatic carbocycles. The van der Waals surface area contributed by atoms with Gasteiger partial charge in [0, 0.05) is 11.7 Å². The maximum atomic E-state index is 12.0. The summed E-state index contributed by atoms with van der Waals surface area (Å²) in [6, 6.07) is 8.83. The lowest BCUT2D eigenvalue weighted by molar-refractivity contribution is -0.125. The zero-order valence-corrected chi connectivity index (χ0v) is 11.5. The molecule has 2 unspecified atom stereocenters. The maximum absolute atomic E-state index is 12.0. The van der Waals surface area contributed by atoms with E-state index in [1.165, 1.54) is 0 Å². The first-order chi connectivity index (χ1) is 9.51. The molecule has 1 saturated carbocycles. The first-order valence-corrected chi connectivity index (χ1v) is 6.62. The van der Waals surface area contributed by atoms with Crippen LogP contribution in [0.25, 0.3) is 0 Å². The van der Waals surface area contributed by atoms with Gasteiger partial charge in [-0.1, -0.05) is 6.07 Å². The lowest BCUT2D eigenvalue weighted by atomic mass is 10.2. The van der Waals surface area contributed by atoms with Gasteiger partial charge in [0.1, 0.15) is 0 Å². The third-order valence-electron chi connectivity index (χ3n) is 3.15. The summed E-state index contributed by atoms with van der Waals surface area (Å²) in [6.07, 6.45) is 0.586. The molecule has 2 atom stereocenters. The molecule has 5 nitrogen and oxygen atoms in total. The molecule has 1 aliphatic rings. The summed E-state index contributed by atoms with van der Waals surface area (Å²) in [5, 5.41) is 14.4. The molecule has 1 aromatic rings. The fraction of sp³-hybridized carbons (Fsp3) is 0.400. The number of hydrogen-bond donors (Lipinski definition) is 2. The molecule has 104 valence electrons. The molecule has 2 amide bonds. The Morgan fingerprint density at radius 1 is 1.30 bits per heavy atom. The minimum atomic E-state index is -0.264. The Morgan fingerprint density at radius 2 is 2.00 bits per heavy atom. The van der Waals surface area contributed by atoms with E-state index in [2.05, 4.69) is 10.6 Å². The van der Waals surface area contributed by atoms with E-state index in [4.69, 9.17) is 5.26 Å². The highest BCUT2D eigenvalue weighted by Gasteiger charge is 2.48. The molecule has 0 saturated heterocycles. The fourth-order valence-corrected chi connectivity index (χ4v) is 2.07. The van der Waals surface area contributed by atoms with Crippen LogP contribution in [0.1, 0.15) is 25.8 Å². The van der Waals surface area contributed by atoms with E-state index in [1.807, 2.05) is 19.9 Å². The molecule has 2 N–H and O–H groups in total. The Kier molecular flexibility index (Phi) is 4.04. The quantitative estimate of drug-likeness (QED) is 0.873. The molecule has 0 spiro atoms. The number of rotatable bonds is 4. The van der Waals surface area contributed by atoms with Crippen LogP contribution in [0.5, 0.6) is 0 Å². The molecule has 20 heavy (non-hydrogen) atoms. The summed E-state index contributed by atoms with van der Waals surface area (Å²) in [4.78, 5) is 23.8. The minimum absolute atomic E-state index is 0.0640. The van der Waals surface area contributed by atoms with Crippen LogP contribution in [0.3, 0.4) is 0 Å². The Hall–Kier alpha value is -2.35. The molecule has 1 aromatic carbocycles. The summed E-state index contributed by atoms with van der Waals surface area (Å²) < 4.78 is 0. The average Bonchev–Trinajstić information content (AvgIpc) is 3.18. The van der Waals surface area contributed by atoms with Gasteiger partial charge in [-0.15, -0.1) is 0 Å². The maximum Gasteiger partial charge on any atom is 0.228 e. The number of hydrogen-bond acceptors (Lipinski definition) is 3. The van der Waals surface area contributed by atoms with Gasteiger partial charge in [-0.05, 0) is 38.5 Å². The molecule has 1 fully saturated rings. The van der Waals surface area contributed by atoms with Crippen molar-refractivity contribution in [3.05, 3.63) is 29.8 Å². The fourth-order valence-electron chi connectivity index (χ4n) is 2.07. The summed E-state index contributed by atoms with van der Waals surface area (Å²) >= 11 is 0. The van der Waals surface area contributed by atoms with E-state index in [0.29, 0.717) is 17.7 Å². The van der Waals surface area contributed by atoms with Gasteiger partial charge in [-0.3, -0.25) is 9.59 Å². The van der Waals surface area contributed by atoms with Crippen molar-refractivity contribution in [3.8, 4) is 6.07 Å². The third-order valence-corrected chi connectivity index (χ3v) is 3.15. The first kappa shape index (κ1) is 14.1. The minimum Gasteiger partial charge on any atom is -0.354 e. The van der Waals surface area contributed by atoms with E-state index in [1.54, 1.807) is 24.3 Å². The van der Waals surface area contributed by atoms with Gasteiger partial charge >= 0.3 is 0 Å². The van der Waals surface area contributed by atoms with Crippen LogP contribution in [0.2, 0.25) is 0 Å². The largest absolute Gasteiger partial charge is 0.354 e. The van der Waals surface area contributed by atoms with Crippen LogP contribution in [0, 0.1) is 23.2 Å². The standard InChI is InChI=1S/C15H17N3O2/c1-9(2)17-14(19)12-7-13(12)15(20)18-11-5-3-4-10(6-11)8-16/h3-6,9,12-13H,7H2,1-2H3,(H,17,19)(H,18,20). The summed E-state index contributed by atoms with van der Waals surface area (Å²) in [7, 11) is 0. The van der Waals surface area contributed by atoms with Gasteiger partial charge in [0.15, 0.2) is 0 Å². The smallest absolute Gasteiger partial charge is 0.228 e. The summed E-state index contributed by atoms with van der Waals surface area (Å²) in [6.45, 7) is 3.78. The van der Waals surface area contributed by atoms with Crippen LogP contribution >= 0.6 is 0 Å². The highest BCUT2D eigenvalue weighted by Crippen LogP contribution is 2.39. The second-order valence-electron chi connectivity index (χ2n) is 5.29. The number of carbonyl (C=O) groups excluding carboxylic acids is 2. The third kappa shape index (κ3) is 3.35. The molecule has 0 radical (unpaired) electrons. The topological polar surface area (TPSA) is 82.0 Å². The number of nitriles is 1. The van der Waals surface area contributed by atoms with Crippen molar-refractivity contribution in [2.75, 3.05) is 5.32 Å². The average molecular weight is 271 g/mol. The lowest BCUT2D eigenvalue weighted by Crippen LogP contribution is -2.32. The van der Waals surface area contributed by atoms with Gasteiger partial charge < -0.3 is 10.6 Å². The van der Waals surface area contributed by atoms with E-state index in [-0.39, 0.29) is 29.7 Å². The Morgan fingerprint density at radius 3 is 2.65 bits per heavy atom. The second kappa shape index (κ2) is 5.74. The second-order valence-corrected chi connectivity index (χ2v) is 5.29. The SMILES string of the molecule is CC(C)NC(=O)C1CC1C(=O)Nc1cccc(C#N)c1. The first-order valence-electron chi connectivity index (χ1n) is 6.62. The van der Waals surface area contributed by atoms with Crippen molar-refractivity contribution < 1.29 is 9.59 Å². The Bertz CT molecular complexity index is 575. The Balaban J connectivity index is 1.91. The zero-order valence-electron chi connectivity index (χ0n) is 11.5. The van der Waals surface area contributed by atoms with E-state index >= 15 is 0 Å². The number of nitrogens with zero attached hydrogens (tertiary/aromatic N) is 1. The van der Waals surface area contributed by atoms with Crippen LogP contribution in [0.4, 0.5) is 5.69 Å². The van der Waals surface area contributed by atoms with Crippen LogP contribution in [-0.2, 0) is 9.59 Å². The highest BCUT2D eigenvalue weighted by atomic mass is 16.2. The number of amides is 2. The molecule has 2 rings (SSSR count). The van der Waals surface area contributed by atoms with Crippen molar-refractivity contribution in [2.24, 2.45) is 11.8 Å². The predicted molar refractivity (Wildman–Crippen MR) is 74.7 cm³/mol. The van der Waals surface area contributed by atoms with Crippen LogP contribution < -0.4 is 10.6 Å². The van der Waals surface area contributed by atoms with E-state index in [9.17, 15) is 9.59 Å². The van der Waals surface area contributed by atoms with Crippen molar-refractivity contribution in [1.29, 1.82) is 5.26 Å². The lowest BCUT2D eigenvalue weighted by Gasteiger charge is -2.08. The number of anilines is 1. The highest BCUT2D eigenvalue weighted by molar-refractivity contribution is 5.99. The molecular formula is C15H17N3O2. The van der Waals surface area contributed by atoms with Crippen molar-refractivity contribution >= 4 is 17.5 Å². The van der Waals surface area contributed by atoms with Crippen LogP contribution in [-0.4, -0.2) is 17.9 Å². The predicted octanol–water partition coefficient (Wildman–Crippen LogP) is 1.66. The summed E-state index contributed by atoms with van der Waals surface area (Å²) in [5.41, 5.74) is 1.08. The molecule has 5 heteroatoms. The van der Waals surface area contributed by atoms with Gasteiger partial charge in [0.2, 0.25) is 11.8 Å². The molecule has 0 heterocycles. The van der Waals surface area contributed by atoms with Crippen LogP contribution in [0.15, 0.2) is 24.3 Å². The molecule has 0 aliphatic heterocycles. The number of benzene rings is 1. The van der Waals surface area contributed by atoms with Gasteiger partial charge in [0.25, 0.3) is 0 Å². The number of nitrogens with one attached hydrogen (secondary N) is 2. The van der Waals surface area contributed by atoms with E-state index in [0.717, 1.165) is 0 Å². The molecular weight excluding hydrogens is 254 g/mol. The normalized spacial score (nSPS) is 20.1. The summed E-state index contributed by atoms with van der Waals surface area (Å²) in [5.74, 6) is -0.717. The molecule has 0 bridgehead atoms. The van der Waals surface area contributed by atoms with Gasteiger partial charge in [-0.25, -0.2) is 0 Å². The number of carbonyl (C=O) groups is 2. The Labute approximate surface area is 118 Å². The molecule has 0 aromatic heterocycles. The van der Waals surface area contributed by atoms with E-state index < -0.39 is 0 Å². The van der Waals surface area contributed by atoms with Gasteiger partial charge in [0.05, 0.1) is 23.5 Å². The van der Waals surface area contributed by atoms with Crippen molar-refractivity contribution in [1.82, 2.24) is 5.32 Å². The van der Waals surface area contributed by atoms with Crippen molar-refractivity contribution in [2.45, 2.75) is 26.3 Å². The van der Waals surface area contributed by atoms with Crippen molar-refractivity contribution in [3.63, 3.8) is 0 Å². The monoisotopic (exact) mass is 271 g/mol. The zero-order chi connectivity index (χ0) is 14.7. The van der Waals surface area contributed by atoms with Gasteiger partial charge in [-0.2, -0.15) is 5.26 Å².